The molecule has 0 unspecified atom stereocenters. The summed E-state index contributed by atoms with van der Waals surface area (Å²) in [6, 6.07) is 19.5. The van der Waals surface area contributed by atoms with Gasteiger partial charge in [-0.15, -0.1) is 0 Å². The van der Waals surface area contributed by atoms with E-state index in [0.29, 0.717) is 27.6 Å². The van der Waals surface area contributed by atoms with Gasteiger partial charge in [0.05, 0.1) is 10.6 Å². The summed E-state index contributed by atoms with van der Waals surface area (Å²) < 4.78 is 5.92. The summed E-state index contributed by atoms with van der Waals surface area (Å²) >= 11 is 5.86. The minimum Gasteiger partial charge on any atom is -0.474 e. The molecule has 0 spiro atoms. The van der Waals surface area contributed by atoms with Gasteiger partial charge < -0.3 is 10.1 Å². The average Bonchev–Trinajstić information content (AvgIpc) is 2.82. The van der Waals surface area contributed by atoms with Crippen LogP contribution < -0.4 is 10.1 Å². The van der Waals surface area contributed by atoms with Gasteiger partial charge in [0.15, 0.2) is 5.78 Å². The molecule has 1 aliphatic rings. The highest BCUT2D eigenvalue weighted by atomic mass is 35.5. The molecule has 6 heteroatoms. The van der Waals surface area contributed by atoms with Crippen LogP contribution in [0.4, 0.5) is 0 Å². The van der Waals surface area contributed by atoms with E-state index in [4.69, 9.17) is 16.3 Å². The summed E-state index contributed by atoms with van der Waals surface area (Å²) in [6.07, 6.45) is 4.88. The van der Waals surface area contributed by atoms with Gasteiger partial charge in [0.1, 0.15) is 6.10 Å². The Labute approximate surface area is 186 Å². The Morgan fingerprint density at radius 3 is 2.23 bits per heavy atom. The van der Waals surface area contributed by atoms with E-state index in [1.807, 2.05) is 18.2 Å². The van der Waals surface area contributed by atoms with E-state index >= 15 is 0 Å². The van der Waals surface area contributed by atoms with E-state index in [1.165, 1.54) is 0 Å². The Hall–Kier alpha value is -3.18. The number of ether oxygens (including phenoxy) is 1. The highest BCUT2D eigenvalue weighted by molar-refractivity contribution is 6.30. The molecule has 5 nitrogen and oxygen atoms in total. The molecule has 1 saturated carbocycles. The molecule has 2 aromatic carbocycles. The SMILES string of the molecule is O=C(NC1CCC(Oc2ccc(Cl)cn2)CC1)c1ccccc1C(=O)c1ccccc1. The number of nitrogens with one attached hydrogen (secondary N) is 1. The van der Waals surface area contributed by atoms with Crippen molar-refractivity contribution in [3.05, 3.63) is 94.6 Å². The van der Waals surface area contributed by atoms with Crippen LogP contribution in [-0.2, 0) is 0 Å². The second-order valence-electron chi connectivity index (χ2n) is 7.62. The lowest BCUT2D eigenvalue weighted by atomic mass is 9.92. The zero-order valence-electron chi connectivity index (χ0n) is 17.0. The van der Waals surface area contributed by atoms with E-state index in [-0.39, 0.29) is 23.8 Å². The number of ketones is 1. The van der Waals surface area contributed by atoms with Crippen LogP contribution in [0.2, 0.25) is 5.02 Å². The van der Waals surface area contributed by atoms with Gasteiger partial charge >= 0.3 is 0 Å². The fourth-order valence-corrected chi connectivity index (χ4v) is 3.93. The van der Waals surface area contributed by atoms with Crippen molar-refractivity contribution in [2.75, 3.05) is 0 Å². The van der Waals surface area contributed by atoms with Crippen molar-refractivity contribution in [3.63, 3.8) is 0 Å². The summed E-state index contributed by atoms with van der Waals surface area (Å²) in [6.45, 7) is 0. The Morgan fingerprint density at radius 2 is 1.55 bits per heavy atom. The van der Waals surface area contributed by atoms with Gasteiger partial charge in [0.25, 0.3) is 5.91 Å². The molecule has 158 valence electrons. The van der Waals surface area contributed by atoms with E-state index in [9.17, 15) is 9.59 Å². The molecule has 1 aliphatic carbocycles. The number of hydrogen-bond donors (Lipinski definition) is 1. The third-order valence-corrected chi connectivity index (χ3v) is 5.67. The first kappa shape index (κ1) is 21.1. The molecule has 1 fully saturated rings. The highest BCUT2D eigenvalue weighted by Crippen LogP contribution is 2.24. The molecular formula is C25H23ClN2O3. The molecule has 1 N–H and O–H groups in total. The number of aromatic nitrogens is 1. The van der Waals surface area contributed by atoms with E-state index < -0.39 is 0 Å². The number of carbonyl (C=O) groups excluding carboxylic acids is 2. The molecule has 1 amide bonds. The quantitative estimate of drug-likeness (QED) is 0.549. The van der Waals surface area contributed by atoms with Gasteiger partial charge in [0, 0.05) is 29.4 Å². The highest BCUT2D eigenvalue weighted by Gasteiger charge is 2.25. The van der Waals surface area contributed by atoms with Crippen LogP contribution in [-0.4, -0.2) is 28.8 Å². The zero-order chi connectivity index (χ0) is 21.6. The molecule has 3 aromatic rings. The van der Waals surface area contributed by atoms with Gasteiger partial charge in [-0.1, -0.05) is 60.1 Å². The molecule has 1 heterocycles. The predicted molar refractivity (Wildman–Crippen MR) is 120 cm³/mol. The number of halogens is 1. The largest absolute Gasteiger partial charge is 0.474 e. The van der Waals surface area contributed by atoms with Crippen LogP contribution in [0.25, 0.3) is 0 Å². The van der Waals surface area contributed by atoms with Crippen molar-refractivity contribution in [1.29, 1.82) is 0 Å². The number of benzene rings is 2. The summed E-state index contributed by atoms with van der Waals surface area (Å²) in [5, 5.41) is 3.67. The molecule has 0 atom stereocenters. The van der Waals surface area contributed by atoms with Crippen LogP contribution in [0, 0.1) is 0 Å². The molecule has 4 rings (SSSR count). The molecule has 1 aromatic heterocycles. The number of carbonyl (C=O) groups is 2. The number of hydrogen-bond acceptors (Lipinski definition) is 4. The van der Waals surface area contributed by atoms with Gasteiger partial charge in [-0.05, 0) is 37.8 Å². The maximum Gasteiger partial charge on any atom is 0.252 e. The Bertz CT molecular complexity index is 1050. The van der Waals surface area contributed by atoms with Crippen molar-refractivity contribution >= 4 is 23.3 Å². The zero-order valence-corrected chi connectivity index (χ0v) is 17.7. The van der Waals surface area contributed by atoms with Crippen LogP contribution in [0.3, 0.4) is 0 Å². The molecule has 0 saturated heterocycles. The summed E-state index contributed by atoms with van der Waals surface area (Å²) in [5.74, 6) is 0.188. The standard InChI is InChI=1S/C25H23ClN2O3/c26-18-10-15-23(27-16-18)31-20-13-11-19(12-14-20)28-25(30)22-9-5-4-8-21(22)24(29)17-6-2-1-3-7-17/h1-10,15-16,19-20H,11-14H2,(H,28,30). The minimum atomic E-state index is -0.219. The Kier molecular flexibility index (Phi) is 6.63. The summed E-state index contributed by atoms with van der Waals surface area (Å²) in [5.41, 5.74) is 1.38. The second-order valence-corrected chi connectivity index (χ2v) is 8.06. The molecule has 31 heavy (non-hydrogen) atoms. The maximum absolute atomic E-state index is 13.0. The molecule has 0 aliphatic heterocycles. The summed E-state index contributed by atoms with van der Waals surface area (Å²) in [7, 11) is 0. The van der Waals surface area contributed by atoms with Crippen LogP contribution >= 0.6 is 11.6 Å². The smallest absolute Gasteiger partial charge is 0.252 e. The topological polar surface area (TPSA) is 68.3 Å². The first-order chi connectivity index (χ1) is 15.1. The normalized spacial score (nSPS) is 18.2. The van der Waals surface area contributed by atoms with Crippen LogP contribution in [0.1, 0.15) is 52.0 Å². The second kappa shape index (κ2) is 9.75. The minimum absolute atomic E-state index is 0.0467. The first-order valence-corrected chi connectivity index (χ1v) is 10.8. The van der Waals surface area contributed by atoms with E-state index in [1.54, 1.807) is 54.7 Å². The fraction of sp³-hybridized carbons (Fsp3) is 0.240. The summed E-state index contributed by atoms with van der Waals surface area (Å²) in [4.78, 5) is 30.0. The van der Waals surface area contributed by atoms with Crippen LogP contribution in [0.5, 0.6) is 5.88 Å². The lowest BCUT2D eigenvalue weighted by molar-refractivity contribution is 0.0883. The van der Waals surface area contributed by atoms with E-state index in [0.717, 1.165) is 25.7 Å². The molecule has 0 bridgehead atoms. The van der Waals surface area contributed by atoms with Gasteiger partial charge in [-0.2, -0.15) is 0 Å². The monoisotopic (exact) mass is 434 g/mol. The van der Waals surface area contributed by atoms with Gasteiger partial charge in [0.2, 0.25) is 5.88 Å². The Balaban J connectivity index is 1.36. The fourth-order valence-electron chi connectivity index (χ4n) is 3.82. The van der Waals surface area contributed by atoms with E-state index in [2.05, 4.69) is 10.3 Å². The average molecular weight is 435 g/mol. The van der Waals surface area contributed by atoms with Gasteiger partial charge in [-0.25, -0.2) is 4.98 Å². The van der Waals surface area contributed by atoms with Crippen molar-refractivity contribution in [2.24, 2.45) is 0 Å². The lowest BCUT2D eigenvalue weighted by Gasteiger charge is -2.29. The van der Waals surface area contributed by atoms with Crippen molar-refractivity contribution in [1.82, 2.24) is 10.3 Å². The third-order valence-electron chi connectivity index (χ3n) is 5.45. The number of nitrogens with zero attached hydrogens (tertiary/aromatic N) is 1. The predicted octanol–water partition coefficient (Wildman–Crippen LogP) is 5.09. The van der Waals surface area contributed by atoms with Crippen LogP contribution in [0.15, 0.2) is 72.9 Å². The van der Waals surface area contributed by atoms with Gasteiger partial charge in [-0.3, -0.25) is 9.59 Å². The van der Waals surface area contributed by atoms with Crippen molar-refractivity contribution in [2.45, 2.75) is 37.8 Å². The van der Waals surface area contributed by atoms with Crippen molar-refractivity contribution < 1.29 is 14.3 Å². The number of amides is 1. The third kappa shape index (κ3) is 5.30. The maximum atomic E-state index is 13.0. The number of pyridine rings is 1. The molecular weight excluding hydrogens is 412 g/mol. The first-order valence-electron chi connectivity index (χ1n) is 10.4. The van der Waals surface area contributed by atoms with Crippen molar-refractivity contribution in [3.8, 4) is 5.88 Å². The lowest BCUT2D eigenvalue weighted by Crippen LogP contribution is -2.40. The number of rotatable bonds is 6. The molecule has 0 radical (unpaired) electrons. The Morgan fingerprint density at radius 1 is 0.871 bits per heavy atom.